The molecule has 0 fully saturated rings. The molecule has 0 atom stereocenters. The lowest BCUT2D eigenvalue weighted by Gasteiger charge is -2.04. The minimum absolute atomic E-state index is 0.207. The molecule has 0 bridgehead atoms. The zero-order valence-electron chi connectivity index (χ0n) is 6.80. The normalized spacial score (nSPS) is 9.69. The number of alkyl halides is 1. The van der Waals surface area contributed by atoms with Crippen molar-refractivity contribution >= 4 is 44.5 Å². The van der Waals surface area contributed by atoms with E-state index in [0.29, 0.717) is 17.5 Å². The molecule has 1 aromatic rings. The van der Waals surface area contributed by atoms with Gasteiger partial charge in [-0.05, 0) is 34.7 Å². The third-order valence-electron chi connectivity index (χ3n) is 1.36. The van der Waals surface area contributed by atoms with Gasteiger partial charge >= 0.3 is 5.97 Å². The van der Waals surface area contributed by atoms with Crippen LogP contribution in [0.25, 0.3) is 0 Å². The molecule has 0 aromatic heterocycles. The number of para-hydroxylation sites is 1. The Morgan fingerprint density at radius 3 is 2.77 bits per heavy atom. The summed E-state index contributed by atoms with van der Waals surface area (Å²) in [5.41, 5.74) is 0. The van der Waals surface area contributed by atoms with Crippen molar-refractivity contribution in [3.8, 4) is 5.75 Å². The number of carbonyl (C=O) groups excluding carboxylic acids is 1. The van der Waals surface area contributed by atoms with Gasteiger partial charge in [-0.25, -0.2) is 0 Å². The van der Waals surface area contributed by atoms with Crippen LogP contribution in [0.3, 0.4) is 0 Å². The van der Waals surface area contributed by atoms with Gasteiger partial charge in [0.2, 0.25) is 0 Å². The predicted molar refractivity (Wildman–Crippen MR) is 63.2 cm³/mol. The predicted octanol–water partition coefficient (Wildman–Crippen LogP) is 2.98. The Hall–Kier alpha value is -0.100. The Bertz CT molecular complexity index is 301. The van der Waals surface area contributed by atoms with E-state index < -0.39 is 0 Å². The summed E-state index contributed by atoms with van der Waals surface area (Å²) in [7, 11) is 0. The van der Waals surface area contributed by atoms with Gasteiger partial charge in [-0.2, -0.15) is 0 Å². The number of benzene rings is 1. The van der Waals surface area contributed by atoms with E-state index in [0.717, 1.165) is 3.57 Å². The van der Waals surface area contributed by atoms with Crippen LogP contribution >= 0.6 is 38.5 Å². The topological polar surface area (TPSA) is 26.3 Å². The number of ether oxygens (including phenoxy) is 1. The minimum Gasteiger partial charge on any atom is -0.425 e. The molecule has 1 rings (SSSR count). The van der Waals surface area contributed by atoms with E-state index in [1.54, 1.807) is 6.07 Å². The molecule has 0 heterocycles. The molecule has 0 unspecified atom stereocenters. The fraction of sp³-hybridized carbons (Fsp3) is 0.222. The van der Waals surface area contributed by atoms with E-state index in [-0.39, 0.29) is 5.97 Å². The van der Waals surface area contributed by atoms with Crippen LogP contribution < -0.4 is 4.74 Å². The van der Waals surface area contributed by atoms with Crippen molar-refractivity contribution in [2.24, 2.45) is 0 Å². The summed E-state index contributed by atoms with van der Waals surface area (Å²) in [4.78, 5) is 11.1. The molecule has 0 saturated heterocycles. The van der Waals surface area contributed by atoms with Crippen LogP contribution in [-0.4, -0.2) is 11.3 Å². The summed E-state index contributed by atoms with van der Waals surface area (Å²) in [6, 6.07) is 7.44. The number of esters is 1. The Labute approximate surface area is 98.9 Å². The lowest BCUT2D eigenvalue weighted by molar-refractivity contribution is -0.133. The summed E-state index contributed by atoms with van der Waals surface area (Å²) >= 11 is 5.31. The monoisotopic (exact) mass is 354 g/mol. The lowest BCUT2D eigenvalue weighted by Crippen LogP contribution is -2.08. The van der Waals surface area contributed by atoms with Gasteiger partial charge < -0.3 is 4.74 Å². The molecule has 0 saturated carbocycles. The van der Waals surface area contributed by atoms with Gasteiger partial charge in [0.15, 0.2) is 0 Å². The van der Waals surface area contributed by atoms with E-state index in [2.05, 4.69) is 38.5 Å². The number of halogens is 2. The second-order valence-electron chi connectivity index (χ2n) is 2.34. The van der Waals surface area contributed by atoms with Crippen molar-refractivity contribution in [3.05, 3.63) is 27.8 Å². The highest BCUT2D eigenvalue weighted by Crippen LogP contribution is 2.19. The number of hydrogen-bond donors (Lipinski definition) is 0. The average molecular weight is 355 g/mol. The first-order chi connectivity index (χ1) is 6.24. The highest BCUT2D eigenvalue weighted by atomic mass is 127. The fourth-order valence-electron chi connectivity index (χ4n) is 0.778. The third kappa shape index (κ3) is 3.64. The molecule has 0 aliphatic heterocycles. The van der Waals surface area contributed by atoms with E-state index in [1.807, 2.05) is 18.2 Å². The number of rotatable bonds is 3. The van der Waals surface area contributed by atoms with E-state index >= 15 is 0 Å². The fourth-order valence-corrected chi connectivity index (χ4v) is 1.60. The van der Waals surface area contributed by atoms with Gasteiger partial charge in [0, 0.05) is 5.33 Å². The molecular formula is C9H8BrIO2. The van der Waals surface area contributed by atoms with Crippen LogP contribution in [0, 0.1) is 3.57 Å². The summed E-state index contributed by atoms with van der Waals surface area (Å²) < 4.78 is 6.06. The highest BCUT2D eigenvalue weighted by Gasteiger charge is 2.05. The Balaban J connectivity index is 2.63. The van der Waals surface area contributed by atoms with Crippen LogP contribution in [0.4, 0.5) is 0 Å². The van der Waals surface area contributed by atoms with Gasteiger partial charge in [-0.15, -0.1) is 0 Å². The number of carbonyl (C=O) groups is 1. The van der Waals surface area contributed by atoms with Crippen LogP contribution in [0.2, 0.25) is 0 Å². The molecule has 0 amide bonds. The van der Waals surface area contributed by atoms with Crippen molar-refractivity contribution in [1.29, 1.82) is 0 Å². The molecule has 0 radical (unpaired) electrons. The molecule has 0 aliphatic rings. The molecule has 70 valence electrons. The maximum atomic E-state index is 11.1. The lowest BCUT2D eigenvalue weighted by atomic mass is 10.3. The summed E-state index contributed by atoms with van der Waals surface area (Å²) in [6.07, 6.45) is 0.394. The first kappa shape index (κ1) is 11.0. The molecule has 2 nitrogen and oxygen atoms in total. The first-order valence-electron chi connectivity index (χ1n) is 3.75. The van der Waals surface area contributed by atoms with Crippen molar-refractivity contribution < 1.29 is 9.53 Å². The summed E-state index contributed by atoms with van der Waals surface area (Å²) in [6.45, 7) is 0. The Kier molecular flexibility index (Phi) is 4.72. The van der Waals surface area contributed by atoms with Crippen molar-refractivity contribution in [1.82, 2.24) is 0 Å². The summed E-state index contributed by atoms with van der Waals surface area (Å²) in [5.74, 6) is 0.426. The van der Waals surface area contributed by atoms with Crippen molar-refractivity contribution in [2.75, 3.05) is 5.33 Å². The third-order valence-corrected chi connectivity index (χ3v) is 2.65. The van der Waals surface area contributed by atoms with Gasteiger partial charge in [-0.3, -0.25) is 4.79 Å². The Morgan fingerprint density at radius 2 is 2.15 bits per heavy atom. The second-order valence-corrected chi connectivity index (χ2v) is 4.30. The molecule has 0 aliphatic carbocycles. The summed E-state index contributed by atoms with van der Waals surface area (Å²) in [5, 5.41) is 0.634. The van der Waals surface area contributed by atoms with Gasteiger partial charge in [0.1, 0.15) is 5.75 Å². The van der Waals surface area contributed by atoms with Crippen LogP contribution in [0.15, 0.2) is 24.3 Å². The van der Waals surface area contributed by atoms with Crippen LogP contribution in [-0.2, 0) is 4.79 Å². The smallest absolute Gasteiger partial charge is 0.312 e. The Morgan fingerprint density at radius 1 is 1.46 bits per heavy atom. The zero-order chi connectivity index (χ0) is 9.68. The minimum atomic E-state index is -0.207. The highest BCUT2D eigenvalue weighted by molar-refractivity contribution is 14.1. The quantitative estimate of drug-likeness (QED) is 0.361. The van der Waals surface area contributed by atoms with E-state index in [1.165, 1.54) is 0 Å². The SMILES string of the molecule is O=C(CCBr)Oc1ccccc1I. The largest absolute Gasteiger partial charge is 0.425 e. The average Bonchev–Trinajstić information content (AvgIpc) is 2.09. The first-order valence-corrected chi connectivity index (χ1v) is 5.95. The number of hydrogen-bond acceptors (Lipinski definition) is 2. The standard InChI is InChI=1S/C9H8BrIO2/c10-6-5-9(12)13-8-4-2-1-3-7(8)11/h1-4H,5-6H2. The molecule has 13 heavy (non-hydrogen) atoms. The van der Waals surface area contributed by atoms with Crippen LogP contribution in [0.1, 0.15) is 6.42 Å². The molecule has 0 spiro atoms. The molecule has 4 heteroatoms. The molecular weight excluding hydrogens is 347 g/mol. The van der Waals surface area contributed by atoms with Crippen molar-refractivity contribution in [2.45, 2.75) is 6.42 Å². The van der Waals surface area contributed by atoms with E-state index in [4.69, 9.17) is 4.74 Å². The molecule has 1 aromatic carbocycles. The molecule has 0 N–H and O–H groups in total. The van der Waals surface area contributed by atoms with Crippen LogP contribution in [0.5, 0.6) is 5.75 Å². The zero-order valence-corrected chi connectivity index (χ0v) is 10.5. The second kappa shape index (κ2) is 5.59. The van der Waals surface area contributed by atoms with E-state index in [9.17, 15) is 4.79 Å². The van der Waals surface area contributed by atoms with Gasteiger partial charge in [-0.1, -0.05) is 28.1 Å². The maximum Gasteiger partial charge on any atom is 0.312 e. The maximum absolute atomic E-state index is 11.1. The van der Waals surface area contributed by atoms with Gasteiger partial charge in [0.05, 0.1) is 9.99 Å². The van der Waals surface area contributed by atoms with Gasteiger partial charge in [0.25, 0.3) is 0 Å². The van der Waals surface area contributed by atoms with Crippen molar-refractivity contribution in [3.63, 3.8) is 0 Å².